The number of carbonyl (C=O) groups is 3. The molecule has 0 aliphatic heterocycles. The van der Waals surface area contributed by atoms with Crippen molar-refractivity contribution in [3.8, 4) is 28.0 Å². The first-order chi connectivity index (χ1) is 18.8. The Kier molecular flexibility index (Phi) is 8.24. The molecule has 0 fully saturated rings. The Morgan fingerprint density at radius 1 is 0.949 bits per heavy atom. The van der Waals surface area contributed by atoms with Crippen molar-refractivity contribution in [3.05, 3.63) is 101 Å². The molecule has 0 spiro atoms. The molecular formula is C31H29FN2O5. The van der Waals surface area contributed by atoms with Gasteiger partial charge in [0.1, 0.15) is 17.3 Å². The van der Waals surface area contributed by atoms with E-state index < -0.39 is 17.7 Å². The molecule has 7 nitrogen and oxygen atoms in total. The van der Waals surface area contributed by atoms with Gasteiger partial charge < -0.3 is 19.4 Å². The number of benzene rings is 3. The molecule has 200 valence electrons. The number of ether oxygens (including phenoxy) is 2. The molecule has 1 N–H and O–H groups in total. The van der Waals surface area contributed by atoms with Crippen LogP contribution in [0, 0.1) is 5.82 Å². The first-order valence-electron chi connectivity index (χ1n) is 12.4. The van der Waals surface area contributed by atoms with Crippen LogP contribution < -0.4 is 10.1 Å². The average Bonchev–Trinajstić information content (AvgIpc) is 3.32. The third-order valence-electron chi connectivity index (χ3n) is 6.43. The molecule has 4 aromatic rings. The number of nitrogens with one attached hydrogen (secondary N) is 1. The van der Waals surface area contributed by atoms with Gasteiger partial charge in [-0.05, 0) is 49.2 Å². The maximum absolute atomic E-state index is 13.9. The first-order valence-corrected chi connectivity index (χ1v) is 12.4. The smallest absolute Gasteiger partial charge is 0.337 e. The molecule has 0 unspecified atom stereocenters. The van der Waals surface area contributed by atoms with Gasteiger partial charge in [-0.15, -0.1) is 0 Å². The van der Waals surface area contributed by atoms with Crippen LogP contribution >= 0.6 is 0 Å². The molecule has 3 aromatic carbocycles. The molecule has 0 aliphatic rings. The lowest BCUT2D eigenvalue weighted by Gasteiger charge is -2.17. The van der Waals surface area contributed by atoms with E-state index in [0.29, 0.717) is 45.0 Å². The van der Waals surface area contributed by atoms with Crippen molar-refractivity contribution in [2.45, 2.75) is 26.4 Å². The second kappa shape index (κ2) is 11.8. The topological polar surface area (TPSA) is 86.6 Å². The second-order valence-electron chi connectivity index (χ2n) is 9.14. The number of esters is 1. The largest absolute Gasteiger partial charge is 0.496 e. The standard InChI is InChI=1S/C31H29FN2O5/c1-19(2)34-25(18-35)27(21-12-14-24(32)15-13-21)28(20-8-6-5-7-9-20)29(34)30(36)33-17-23-11-10-22(31(37)39-4)16-26(23)38-3/h5-16,18-19H,17H2,1-4H3,(H,33,36). The van der Waals surface area contributed by atoms with Crippen molar-refractivity contribution in [3.63, 3.8) is 0 Å². The summed E-state index contributed by atoms with van der Waals surface area (Å²) in [6, 6.07) is 19.8. The predicted molar refractivity (Wildman–Crippen MR) is 147 cm³/mol. The molecule has 0 radical (unpaired) electrons. The molecule has 0 atom stereocenters. The van der Waals surface area contributed by atoms with Gasteiger partial charge in [0.15, 0.2) is 6.29 Å². The number of hydrogen-bond acceptors (Lipinski definition) is 5. The van der Waals surface area contributed by atoms with Gasteiger partial charge in [-0.1, -0.05) is 48.5 Å². The number of hydrogen-bond donors (Lipinski definition) is 1. The zero-order chi connectivity index (χ0) is 28.1. The Morgan fingerprint density at radius 2 is 1.62 bits per heavy atom. The number of aldehydes is 1. The van der Waals surface area contributed by atoms with Crippen LogP contribution in [0.3, 0.4) is 0 Å². The molecule has 1 amide bonds. The Hall–Kier alpha value is -4.72. The minimum atomic E-state index is -0.499. The van der Waals surface area contributed by atoms with E-state index in [1.54, 1.807) is 34.9 Å². The van der Waals surface area contributed by atoms with E-state index in [4.69, 9.17) is 9.47 Å². The van der Waals surface area contributed by atoms with Crippen molar-refractivity contribution < 1.29 is 28.2 Å². The van der Waals surface area contributed by atoms with Gasteiger partial charge in [-0.2, -0.15) is 0 Å². The third kappa shape index (κ3) is 5.45. The van der Waals surface area contributed by atoms with E-state index in [2.05, 4.69) is 5.32 Å². The third-order valence-corrected chi connectivity index (χ3v) is 6.43. The quantitative estimate of drug-likeness (QED) is 0.210. The number of nitrogens with zero attached hydrogens (tertiary/aromatic N) is 1. The maximum atomic E-state index is 13.9. The lowest BCUT2D eigenvalue weighted by molar-refractivity contribution is 0.0600. The number of carbonyl (C=O) groups excluding carboxylic acids is 3. The Balaban J connectivity index is 1.85. The SMILES string of the molecule is COC(=O)c1ccc(CNC(=O)c2c(-c3ccccc3)c(-c3ccc(F)cc3)c(C=O)n2C(C)C)c(OC)c1. The van der Waals surface area contributed by atoms with E-state index in [9.17, 15) is 18.8 Å². The highest BCUT2D eigenvalue weighted by molar-refractivity contribution is 6.08. The Bertz CT molecular complexity index is 1510. The van der Waals surface area contributed by atoms with Crippen LogP contribution in [0.5, 0.6) is 5.75 Å². The van der Waals surface area contributed by atoms with E-state index in [1.165, 1.54) is 26.4 Å². The lowest BCUT2D eigenvalue weighted by Crippen LogP contribution is -2.27. The van der Waals surface area contributed by atoms with Crippen molar-refractivity contribution in [2.24, 2.45) is 0 Å². The highest BCUT2D eigenvalue weighted by Gasteiger charge is 2.30. The number of amides is 1. The summed E-state index contributed by atoms with van der Waals surface area (Å²) in [7, 11) is 2.77. The zero-order valence-corrected chi connectivity index (χ0v) is 22.2. The summed E-state index contributed by atoms with van der Waals surface area (Å²) in [5.41, 5.74) is 4.08. The molecule has 8 heteroatoms. The molecule has 0 bridgehead atoms. The molecule has 0 saturated heterocycles. The Labute approximate surface area is 226 Å². The van der Waals surface area contributed by atoms with Crippen molar-refractivity contribution in [1.29, 1.82) is 0 Å². The van der Waals surface area contributed by atoms with E-state index in [1.807, 2.05) is 44.2 Å². The average molecular weight is 529 g/mol. The van der Waals surface area contributed by atoms with Crippen LogP contribution in [0.4, 0.5) is 4.39 Å². The fourth-order valence-electron chi connectivity index (χ4n) is 4.67. The van der Waals surface area contributed by atoms with Crippen LogP contribution in [0.25, 0.3) is 22.3 Å². The van der Waals surface area contributed by atoms with E-state index >= 15 is 0 Å². The van der Waals surface area contributed by atoms with Crippen molar-refractivity contribution in [2.75, 3.05) is 14.2 Å². The van der Waals surface area contributed by atoms with Gasteiger partial charge in [0.25, 0.3) is 5.91 Å². The molecule has 0 saturated carbocycles. The molecule has 1 heterocycles. The van der Waals surface area contributed by atoms with Gasteiger partial charge in [0.05, 0.1) is 25.5 Å². The zero-order valence-electron chi connectivity index (χ0n) is 22.2. The highest BCUT2D eigenvalue weighted by atomic mass is 19.1. The minimum absolute atomic E-state index is 0.100. The van der Waals surface area contributed by atoms with Crippen molar-refractivity contribution >= 4 is 18.2 Å². The Morgan fingerprint density at radius 3 is 2.21 bits per heavy atom. The van der Waals surface area contributed by atoms with Gasteiger partial charge in [-0.25, -0.2) is 9.18 Å². The molecule has 4 rings (SSSR count). The highest BCUT2D eigenvalue weighted by Crippen LogP contribution is 2.41. The lowest BCUT2D eigenvalue weighted by atomic mass is 9.94. The summed E-state index contributed by atoms with van der Waals surface area (Å²) in [6.45, 7) is 3.88. The summed E-state index contributed by atoms with van der Waals surface area (Å²) in [5.74, 6) is -0.888. The van der Waals surface area contributed by atoms with Crippen molar-refractivity contribution in [1.82, 2.24) is 9.88 Å². The summed E-state index contributed by atoms with van der Waals surface area (Å²) in [4.78, 5) is 38.3. The molecule has 39 heavy (non-hydrogen) atoms. The van der Waals surface area contributed by atoms with E-state index in [-0.39, 0.29) is 12.6 Å². The molecular weight excluding hydrogens is 499 g/mol. The van der Waals surface area contributed by atoms with Gasteiger partial charge in [0.2, 0.25) is 0 Å². The fraction of sp³-hybridized carbons (Fsp3) is 0.194. The maximum Gasteiger partial charge on any atom is 0.337 e. The van der Waals surface area contributed by atoms with Crippen LogP contribution in [0.1, 0.15) is 56.8 Å². The monoisotopic (exact) mass is 528 g/mol. The summed E-state index contributed by atoms with van der Waals surface area (Å²) >= 11 is 0. The number of methoxy groups -OCH3 is 2. The number of aromatic nitrogens is 1. The first kappa shape index (κ1) is 27.3. The number of halogens is 1. The molecule has 0 aliphatic carbocycles. The summed E-state index contributed by atoms with van der Waals surface area (Å²) in [6.07, 6.45) is 0.733. The van der Waals surface area contributed by atoms with Gasteiger partial charge in [0, 0.05) is 29.3 Å². The molecule has 1 aromatic heterocycles. The summed E-state index contributed by atoms with van der Waals surface area (Å²) in [5, 5.41) is 2.95. The minimum Gasteiger partial charge on any atom is -0.496 e. The predicted octanol–water partition coefficient (Wildman–Crippen LogP) is 6.08. The van der Waals surface area contributed by atoms with E-state index in [0.717, 1.165) is 11.8 Å². The second-order valence-corrected chi connectivity index (χ2v) is 9.14. The van der Waals surface area contributed by atoms with Crippen LogP contribution in [0.15, 0.2) is 72.8 Å². The number of rotatable bonds is 9. The van der Waals surface area contributed by atoms with Gasteiger partial charge in [-0.3, -0.25) is 9.59 Å². The van der Waals surface area contributed by atoms with Crippen LogP contribution in [0.2, 0.25) is 0 Å². The normalized spacial score (nSPS) is 10.8. The fourth-order valence-corrected chi connectivity index (χ4v) is 4.67. The van der Waals surface area contributed by atoms with Crippen LogP contribution in [-0.2, 0) is 11.3 Å². The van der Waals surface area contributed by atoms with Gasteiger partial charge >= 0.3 is 5.97 Å². The summed E-state index contributed by atoms with van der Waals surface area (Å²) < 4.78 is 25.7. The van der Waals surface area contributed by atoms with Crippen LogP contribution in [-0.4, -0.2) is 36.9 Å².